The van der Waals surface area contributed by atoms with Crippen molar-refractivity contribution in [2.24, 2.45) is 17.8 Å². The Labute approximate surface area is 109 Å². The third-order valence-corrected chi connectivity index (χ3v) is 3.94. The highest BCUT2D eigenvalue weighted by molar-refractivity contribution is 5.78. The van der Waals surface area contributed by atoms with Gasteiger partial charge in [0.1, 0.15) is 0 Å². The van der Waals surface area contributed by atoms with Crippen molar-refractivity contribution in [1.82, 2.24) is 5.32 Å². The molecule has 0 bridgehead atoms. The van der Waals surface area contributed by atoms with E-state index in [1.807, 2.05) is 6.92 Å². The van der Waals surface area contributed by atoms with Gasteiger partial charge in [0.25, 0.3) is 0 Å². The van der Waals surface area contributed by atoms with Crippen molar-refractivity contribution < 1.29 is 14.7 Å². The first kappa shape index (κ1) is 15.0. The summed E-state index contributed by atoms with van der Waals surface area (Å²) in [6, 6.07) is 0. The van der Waals surface area contributed by atoms with E-state index in [1.54, 1.807) is 0 Å². The van der Waals surface area contributed by atoms with Crippen LogP contribution in [-0.4, -0.2) is 23.5 Å². The smallest absolute Gasteiger partial charge is 0.303 e. The predicted octanol–water partition coefficient (Wildman–Crippen LogP) is 2.43. The third-order valence-electron chi connectivity index (χ3n) is 3.94. The number of carbonyl (C=O) groups excluding carboxylic acids is 1. The van der Waals surface area contributed by atoms with Crippen LogP contribution in [0.4, 0.5) is 0 Å². The largest absolute Gasteiger partial charge is 0.481 e. The second-order valence-corrected chi connectivity index (χ2v) is 5.41. The molecule has 0 spiro atoms. The molecule has 0 aromatic rings. The monoisotopic (exact) mass is 255 g/mol. The Kier molecular flexibility index (Phi) is 6.16. The van der Waals surface area contributed by atoms with Gasteiger partial charge in [-0.15, -0.1) is 0 Å². The molecule has 0 aromatic heterocycles. The fraction of sp³-hybridized carbons (Fsp3) is 0.857. The van der Waals surface area contributed by atoms with Crippen LogP contribution in [0.25, 0.3) is 0 Å². The van der Waals surface area contributed by atoms with E-state index in [1.165, 1.54) is 12.8 Å². The molecule has 1 rings (SSSR count). The van der Waals surface area contributed by atoms with E-state index >= 15 is 0 Å². The van der Waals surface area contributed by atoms with E-state index in [2.05, 4.69) is 12.2 Å². The molecule has 0 radical (unpaired) electrons. The lowest BCUT2D eigenvalue weighted by atomic mass is 9.96. The molecule has 1 saturated carbocycles. The Morgan fingerprint density at radius 1 is 1.33 bits per heavy atom. The molecule has 1 fully saturated rings. The lowest BCUT2D eigenvalue weighted by Gasteiger charge is -2.15. The van der Waals surface area contributed by atoms with E-state index in [9.17, 15) is 9.59 Å². The van der Waals surface area contributed by atoms with Crippen LogP contribution < -0.4 is 5.32 Å². The lowest BCUT2D eigenvalue weighted by molar-refractivity contribution is -0.137. The number of rotatable bonds is 9. The van der Waals surface area contributed by atoms with Crippen molar-refractivity contribution in [3.8, 4) is 0 Å². The number of carbonyl (C=O) groups is 2. The standard InChI is InChI=1S/C14H25NO3/c1-3-11(4-7-13(16)17)8-9-15-14(18)10(2)12-5-6-12/h10-12H,3-9H2,1-2H3,(H,15,18)(H,16,17). The number of hydrogen-bond donors (Lipinski definition) is 2. The second kappa shape index (κ2) is 7.39. The number of aliphatic carboxylic acids is 1. The van der Waals surface area contributed by atoms with E-state index in [0.717, 1.165) is 12.8 Å². The van der Waals surface area contributed by atoms with Crippen molar-refractivity contribution >= 4 is 11.9 Å². The number of amides is 1. The first-order valence-corrected chi connectivity index (χ1v) is 7.04. The van der Waals surface area contributed by atoms with E-state index in [-0.39, 0.29) is 18.2 Å². The quantitative estimate of drug-likeness (QED) is 0.665. The van der Waals surface area contributed by atoms with Gasteiger partial charge in [-0.2, -0.15) is 0 Å². The molecule has 4 heteroatoms. The molecular weight excluding hydrogens is 230 g/mol. The Balaban J connectivity index is 2.13. The highest BCUT2D eigenvalue weighted by atomic mass is 16.4. The first-order valence-electron chi connectivity index (χ1n) is 7.04. The molecule has 0 aliphatic heterocycles. The van der Waals surface area contributed by atoms with E-state index in [4.69, 9.17) is 5.11 Å². The van der Waals surface area contributed by atoms with Crippen LogP contribution in [0.15, 0.2) is 0 Å². The lowest BCUT2D eigenvalue weighted by Crippen LogP contribution is -2.31. The van der Waals surface area contributed by atoms with Crippen molar-refractivity contribution in [1.29, 1.82) is 0 Å². The summed E-state index contributed by atoms with van der Waals surface area (Å²) in [5.74, 6) is 0.561. The van der Waals surface area contributed by atoms with Gasteiger partial charge in [-0.1, -0.05) is 20.3 Å². The van der Waals surface area contributed by atoms with Crippen LogP contribution in [0.1, 0.15) is 52.4 Å². The fourth-order valence-corrected chi connectivity index (χ4v) is 2.25. The molecule has 0 saturated heterocycles. The molecule has 0 heterocycles. The minimum absolute atomic E-state index is 0.143. The van der Waals surface area contributed by atoms with Crippen molar-refractivity contribution in [2.45, 2.75) is 52.4 Å². The maximum absolute atomic E-state index is 11.8. The molecule has 1 aliphatic rings. The maximum atomic E-state index is 11.8. The molecule has 2 N–H and O–H groups in total. The minimum Gasteiger partial charge on any atom is -0.481 e. The Morgan fingerprint density at radius 3 is 2.50 bits per heavy atom. The average Bonchev–Trinajstić information content (AvgIpc) is 3.16. The molecule has 2 unspecified atom stereocenters. The summed E-state index contributed by atoms with van der Waals surface area (Å²) in [5, 5.41) is 11.6. The summed E-state index contributed by atoms with van der Waals surface area (Å²) in [5.41, 5.74) is 0. The number of hydrogen-bond acceptors (Lipinski definition) is 2. The van der Waals surface area contributed by atoms with Crippen molar-refractivity contribution in [2.75, 3.05) is 6.54 Å². The zero-order valence-corrected chi connectivity index (χ0v) is 11.4. The Hall–Kier alpha value is -1.06. The van der Waals surface area contributed by atoms with Gasteiger partial charge in [0.2, 0.25) is 5.91 Å². The number of carboxylic acid groups (broad SMARTS) is 1. The topological polar surface area (TPSA) is 66.4 Å². The first-order chi connectivity index (χ1) is 8.54. The summed E-state index contributed by atoms with van der Waals surface area (Å²) in [6.45, 7) is 4.74. The van der Waals surface area contributed by atoms with Crippen molar-refractivity contribution in [3.63, 3.8) is 0 Å². The molecule has 18 heavy (non-hydrogen) atoms. The van der Waals surface area contributed by atoms with Crippen LogP contribution in [0.3, 0.4) is 0 Å². The van der Waals surface area contributed by atoms with Crippen LogP contribution in [0.5, 0.6) is 0 Å². The maximum Gasteiger partial charge on any atom is 0.303 e. The number of nitrogens with one attached hydrogen (secondary N) is 1. The summed E-state index contributed by atoms with van der Waals surface area (Å²) < 4.78 is 0. The molecule has 0 aromatic carbocycles. The average molecular weight is 255 g/mol. The van der Waals surface area contributed by atoms with Crippen LogP contribution in [0.2, 0.25) is 0 Å². The molecule has 104 valence electrons. The molecule has 2 atom stereocenters. The Bertz CT molecular complexity index is 287. The zero-order chi connectivity index (χ0) is 13.5. The summed E-state index contributed by atoms with van der Waals surface area (Å²) >= 11 is 0. The highest BCUT2D eigenvalue weighted by Gasteiger charge is 2.32. The fourth-order valence-electron chi connectivity index (χ4n) is 2.25. The van der Waals surface area contributed by atoms with E-state index < -0.39 is 5.97 Å². The zero-order valence-electron chi connectivity index (χ0n) is 11.4. The minimum atomic E-state index is -0.736. The van der Waals surface area contributed by atoms with Gasteiger partial charge in [-0.25, -0.2) is 0 Å². The van der Waals surface area contributed by atoms with Gasteiger partial charge in [0, 0.05) is 18.9 Å². The van der Waals surface area contributed by atoms with Crippen LogP contribution >= 0.6 is 0 Å². The molecule has 1 amide bonds. The normalized spacial score (nSPS) is 18.1. The van der Waals surface area contributed by atoms with Gasteiger partial charge >= 0.3 is 5.97 Å². The Morgan fingerprint density at radius 2 is 2.00 bits per heavy atom. The van der Waals surface area contributed by atoms with Crippen LogP contribution in [0, 0.1) is 17.8 Å². The summed E-state index contributed by atoms with van der Waals surface area (Å²) in [7, 11) is 0. The van der Waals surface area contributed by atoms with Gasteiger partial charge in [-0.3, -0.25) is 9.59 Å². The predicted molar refractivity (Wildman–Crippen MR) is 70.2 cm³/mol. The van der Waals surface area contributed by atoms with Gasteiger partial charge in [0.05, 0.1) is 0 Å². The van der Waals surface area contributed by atoms with Crippen LogP contribution in [-0.2, 0) is 9.59 Å². The molecule has 1 aliphatic carbocycles. The van der Waals surface area contributed by atoms with E-state index in [0.29, 0.717) is 24.8 Å². The second-order valence-electron chi connectivity index (χ2n) is 5.41. The van der Waals surface area contributed by atoms with Gasteiger partial charge < -0.3 is 10.4 Å². The SMILES string of the molecule is CCC(CCNC(=O)C(C)C1CC1)CCC(=O)O. The molecule has 4 nitrogen and oxygen atoms in total. The summed E-state index contributed by atoms with van der Waals surface area (Å²) in [4.78, 5) is 22.3. The van der Waals surface area contributed by atoms with Crippen molar-refractivity contribution in [3.05, 3.63) is 0 Å². The number of carboxylic acids is 1. The van der Waals surface area contributed by atoms with Gasteiger partial charge in [0.15, 0.2) is 0 Å². The summed E-state index contributed by atoms with van der Waals surface area (Å²) in [6.07, 6.45) is 5.16. The third kappa shape index (κ3) is 5.52. The highest BCUT2D eigenvalue weighted by Crippen LogP contribution is 2.36. The molecular formula is C14H25NO3. The van der Waals surface area contributed by atoms with Gasteiger partial charge in [-0.05, 0) is 37.5 Å².